The van der Waals surface area contributed by atoms with Crippen LogP contribution in [0.2, 0.25) is 5.02 Å². The van der Waals surface area contributed by atoms with Gasteiger partial charge in [0.25, 0.3) is 0 Å². The summed E-state index contributed by atoms with van der Waals surface area (Å²) in [6, 6.07) is 4.84. The largest absolute Gasteiger partial charge is 0.326 e. The van der Waals surface area contributed by atoms with E-state index >= 15 is 0 Å². The molecule has 1 heterocycles. The number of hydrogen-bond acceptors (Lipinski definition) is 3. The highest BCUT2D eigenvalue weighted by molar-refractivity contribution is 6.34. The molecule has 0 radical (unpaired) electrons. The Morgan fingerprint density at radius 2 is 2.16 bits per heavy atom. The normalized spacial score (nSPS) is 18.1. The Hall–Kier alpha value is -1.59. The summed E-state index contributed by atoms with van der Waals surface area (Å²) in [6.45, 7) is 2.29. The van der Waals surface area contributed by atoms with E-state index in [2.05, 4.69) is 16.0 Å². The number of benzene rings is 1. The molecule has 6 heteroatoms. The maximum Gasteiger partial charge on any atom is 0.241 e. The fraction of sp³-hybridized carbons (Fsp3) is 0.385. The number of carbonyl (C=O) groups excluding carboxylic acids is 2. The quantitative estimate of drug-likeness (QED) is 0.793. The van der Waals surface area contributed by atoms with Crippen molar-refractivity contribution in [3.8, 4) is 0 Å². The lowest BCUT2D eigenvalue weighted by molar-refractivity contribution is -0.118. The molecule has 19 heavy (non-hydrogen) atoms. The monoisotopic (exact) mass is 281 g/mol. The molecule has 1 unspecified atom stereocenters. The first-order valence-electron chi connectivity index (χ1n) is 6.17. The number of halogens is 1. The van der Waals surface area contributed by atoms with E-state index in [1.54, 1.807) is 18.2 Å². The fourth-order valence-electron chi connectivity index (χ4n) is 2.03. The molecule has 0 aliphatic carbocycles. The average Bonchev–Trinajstić information content (AvgIpc) is 2.85. The summed E-state index contributed by atoms with van der Waals surface area (Å²) in [6.07, 6.45) is 1.85. The molecule has 1 fully saturated rings. The van der Waals surface area contributed by atoms with Gasteiger partial charge in [-0.25, -0.2) is 0 Å². The number of amides is 2. The Morgan fingerprint density at radius 1 is 1.37 bits per heavy atom. The van der Waals surface area contributed by atoms with E-state index in [-0.39, 0.29) is 17.9 Å². The van der Waals surface area contributed by atoms with Crippen molar-refractivity contribution in [1.82, 2.24) is 5.32 Å². The van der Waals surface area contributed by atoms with Crippen LogP contribution in [0.15, 0.2) is 18.2 Å². The Morgan fingerprint density at radius 3 is 2.74 bits per heavy atom. The van der Waals surface area contributed by atoms with Crippen LogP contribution in [-0.4, -0.2) is 24.4 Å². The van der Waals surface area contributed by atoms with Crippen LogP contribution in [0.25, 0.3) is 0 Å². The van der Waals surface area contributed by atoms with E-state index < -0.39 is 0 Å². The lowest BCUT2D eigenvalue weighted by Gasteiger charge is -2.13. The highest BCUT2D eigenvalue weighted by Gasteiger charge is 2.22. The van der Waals surface area contributed by atoms with Crippen LogP contribution in [0.5, 0.6) is 0 Å². The van der Waals surface area contributed by atoms with Crippen LogP contribution < -0.4 is 16.0 Å². The Kier molecular flexibility index (Phi) is 4.39. The van der Waals surface area contributed by atoms with Gasteiger partial charge >= 0.3 is 0 Å². The second-order valence-electron chi connectivity index (χ2n) is 4.51. The van der Waals surface area contributed by atoms with Gasteiger partial charge in [-0.05, 0) is 37.6 Å². The van der Waals surface area contributed by atoms with Crippen molar-refractivity contribution in [2.24, 2.45) is 0 Å². The van der Waals surface area contributed by atoms with Crippen molar-refractivity contribution in [3.05, 3.63) is 23.2 Å². The molecule has 102 valence electrons. The third kappa shape index (κ3) is 3.68. The van der Waals surface area contributed by atoms with Crippen molar-refractivity contribution in [1.29, 1.82) is 0 Å². The molecular formula is C13H16ClN3O2. The van der Waals surface area contributed by atoms with Gasteiger partial charge in [-0.3, -0.25) is 9.59 Å². The van der Waals surface area contributed by atoms with Crippen LogP contribution in [0.4, 0.5) is 11.4 Å². The third-order valence-electron chi connectivity index (χ3n) is 2.92. The first-order valence-corrected chi connectivity index (χ1v) is 6.55. The van der Waals surface area contributed by atoms with Crippen molar-refractivity contribution >= 4 is 34.8 Å². The number of anilines is 2. The van der Waals surface area contributed by atoms with E-state index in [9.17, 15) is 9.59 Å². The second-order valence-corrected chi connectivity index (χ2v) is 4.92. The average molecular weight is 282 g/mol. The molecule has 1 atom stereocenters. The zero-order valence-corrected chi connectivity index (χ0v) is 11.4. The topological polar surface area (TPSA) is 70.2 Å². The predicted molar refractivity (Wildman–Crippen MR) is 75.4 cm³/mol. The lowest BCUT2D eigenvalue weighted by atomic mass is 10.2. The summed E-state index contributed by atoms with van der Waals surface area (Å²) in [7, 11) is 0. The Bertz CT molecular complexity index is 499. The molecule has 2 amide bonds. The molecule has 0 bridgehead atoms. The summed E-state index contributed by atoms with van der Waals surface area (Å²) < 4.78 is 0. The SMILES string of the molecule is CC(=O)Nc1ccc(NC(=O)C2CCCN2)c(Cl)c1. The van der Waals surface area contributed by atoms with Gasteiger partial charge in [-0.2, -0.15) is 0 Å². The van der Waals surface area contributed by atoms with Crippen LogP contribution in [-0.2, 0) is 9.59 Å². The van der Waals surface area contributed by atoms with Gasteiger partial charge in [-0.1, -0.05) is 11.6 Å². The summed E-state index contributed by atoms with van der Waals surface area (Å²) in [5, 5.41) is 8.94. The molecule has 0 spiro atoms. The minimum Gasteiger partial charge on any atom is -0.326 e. The predicted octanol–water partition coefficient (Wildman–Crippen LogP) is 1.99. The number of nitrogens with one attached hydrogen (secondary N) is 3. The third-order valence-corrected chi connectivity index (χ3v) is 3.24. The van der Waals surface area contributed by atoms with Crippen molar-refractivity contribution in [3.63, 3.8) is 0 Å². The summed E-state index contributed by atoms with van der Waals surface area (Å²) >= 11 is 6.08. The lowest BCUT2D eigenvalue weighted by Crippen LogP contribution is -2.35. The maximum absolute atomic E-state index is 11.9. The molecule has 1 saturated heterocycles. The van der Waals surface area contributed by atoms with E-state index in [0.717, 1.165) is 19.4 Å². The van der Waals surface area contributed by atoms with Gasteiger partial charge in [0, 0.05) is 12.6 Å². The Balaban J connectivity index is 2.04. The van der Waals surface area contributed by atoms with Crippen molar-refractivity contribution in [2.45, 2.75) is 25.8 Å². The van der Waals surface area contributed by atoms with Crippen LogP contribution in [0.3, 0.4) is 0 Å². The molecule has 1 aromatic carbocycles. The minimum absolute atomic E-state index is 0.0772. The van der Waals surface area contributed by atoms with E-state index in [0.29, 0.717) is 16.4 Å². The molecule has 1 aliphatic rings. The van der Waals surface area contributed by atoms with Gasteiger partial charge in [0.05, 0.1) is 16.8 Å². The highest BCUT2D eigenvalue weighted by Crippen LogP contribution is 2.26. The summed E-state index contributed by atoms with van der Waals surface area (Å²) in [5.74, 6) is -0.241. The summed E-state index contributed by atoms with van der Waals surface area (Å²) in [4.78, 5) is 22.9. The highest BCUT2D eigenvalue weighted by atomic mass is 35.5. The van der Waals surface area contributed by atoms with Gasteiger partial charge in [0.15, 0.2) is 0 Å². The molecule has 5 nitrogen and oxygen atoms in total. The van der Waals surface area contributed by atoms with E-state index in [1.165, 1.54) is 6.92 Å². The van der Waals surface area contributed by atoms with E-state index in [1.807, 2.05) is 0 Å². The molecule has 1 aliphatic heterocycles. The van der Waals surface area contributed by atoms with Crippen LogP contribution in [0.1, 0.15) is 19.8 Å². The zero-order valence-electron chi connectivity index (χ0n) is 10.6. The van der Waals surface area contributed by atoms with Crippen LogP contribution >= 0.6 is 11.6 Å². The van der Waals surface area contributed by atoms with Gasteiger partial charge < -0.3 is 16.0 Å². The second kappa shape index (κ2) is 6.04. The number of rotatable bonds is 3. The van der Waals surface area contributed by atoms with Gasteiger partial charge in [-0.15, -0.1) is 0 Å². The van der Waals surface area contributed by atoms with Crippen molar-refractivity contribution < 1.29 is 9.59 Å². The molecule has 1 aromatic rings. The van der Waals surface area contributed by atoms with Gasteiger partial charge in [0.1, 0.15) is 0 Å². The van der Waals surface area contributed by atoms with Crippen molar-refractivity contribution in [2.75, 3.05) is 17.2 Å². The zero-order chi connectivity index (χ0) is 13.8. The maximum atomic E-state index is 11.9. The standard InChI is InChI=1S/C13H16ClN3O2/c1-8(18)16-9-4-5-11(10(14)7-9)17-13(19)12-3-2-6-15-12/h4-5,7,12,15H,2-3,6H2,1H3,(H,16,18)(H,17,19). The Labute approximate surface area is 116 Å². The molecule has 3 N–H and O–H groups in total. The molecule has 0 aromatic heterocycles. The smallest absolute Gasteiger partial charge is 0.241 e. The molecule has 2 rings (SSSR count). The number of carbonyl (C=O) groups is 2. The molecular weight excluding hydrogens is 266 g/mol. The first kappa shape index (κ1) is 13.8. The van der Waals surface area contributed by atoms with Gasteiger partial charge in [0.2, 0.25) is 11.8 Å². The fourth-order valence-corrected chi connectivity index (χ4v) is 2.25. The summed E-state index contributed by atoms with van der Waals surface area (Å²) in [5.41, 5.74) is 1.16. The van der Waals surface area contributed by atoms with E-state index in [4.69, 9.17) is 11.6 Å². The first-order chi connectivity index (χ1) is 9.06. The molecule has 0 saturated carbocycles. The minimum atomic E-state index is -0.164. The number of hydrogen-bond donors (Lipinski definition) is 3. The van der Waals surface area contributed by atoms with Crippen LogP contribution in [0, 0.1) is 0 Å².